The molecule has 0 unspecified atom stereocenters. The molecule has 2 rings (SSSR count). The summed E-state index contributed by atoms with van der Waals surface area (Å²) in [5, 5.41) is 3.31. The van der Waals surface area contributed by atoms with E-state index in [0.717, 1.165) is 17.2 Å². The van der Waals surface area contributed by atoms with Crippen molar-refractivity contribution in [3.8, 4) is 0 Å². The molecule has 4 heteroatoms. The van der Waals surface area contributed by atoms with E-state index in [9.17, 15) is 4.79 Å². The zero-order valence-corrected chi connectivity index (χ0v) is 12.3. The summed E-state index contributed by atoms with van der Waals surface area (Å²) in [6.45, 7) is 8.18. The summed E-state index contributed by atoms with van der Waals surface area (Å²) in [6, 6.07) is 7.88. The molecule has 0 aliphatic heterocycles. The third-order valence-corrected chi connectivity index (χ3v) is 3.38. The second-order valence-corrected chi connectivity index (χ2v) is 4.81. The second kappa shape index (κ2) is 5.82. The maximum absolute atomic E-state index is 11.8. The van der Waals surface area contributed by atoms with Gasteiger partial charge in [0.25, 0.3) is 0 Å². The Bertz CT molecular complexity index is 629. The van der Waals surface area contributed by atoms with Crippen LogP contribution in [0.4, 0.5) is 11.5 Å². The third kappa shape index (κ3) is 2.85. The van der Waals surface area contributed by atoms with Crippen LogP contribution in [0.1, 0.15) is 34.1 Å². The fraction of sp³-hybridized carbons (Fsp3) is 0.312. The van der Waals surface area contributed by atoms with Crippen LogP contribution in [0.3, 0.4) is 0 Å². The number of aromatic nitrogens is 1. The Balaban J connectivity index is 2.25. The number of nitrogens with one attached hydrogen (secondary N) is 2. The quantitative estimate of drug-likeness (QED) is 0.831. The highest BCUT2D eigenvalue weighted by molar-refractivity contribution is 5.92. The van der Waals surface area contributed by atoms with Crippen molar-refractivity contribution in [2.24, 2.45) is 0 Å². The summed E-state index contributed by atoms with van der Waals surface area (Å²) in [6.07, 6.45) is 0. The Morgan fingerprint density at radius 1 is 1.30 bits per heavy atom. The Labute approximate surface area is 119 Å². The lowest BCUT2D eigenvalue weighted by molar-refractivity contribution is 0.0526. The van der Waals surface area contributed by atoms with Crippen LogP contribution in [0.5, 0.6) is 0 Å². The number of carbonyl (C=O) groups is 1. The molecule has 0 saturated carbocycles. The lowest BCUT2D eigenvalue weighted by Gasteiger charge is -2.09. The number of carbonyl (C=O) groups excluding carboxylic acids is 1. The van der Waals surface area contributed by atoms with E-state index in [0.29, 0.717) is 12.2 Å². The number of esters is 1. The average molecular weight is 272 g/mol. The Kier molecular flexibility index (Phi) is 4.13. The summed E-state index contributed by atoms with van der Waals surface area (Å²) in [5.74, 6) is 0.495. The SMILES string of the molecule is CCOC(=O)c1cc(Nc2cccc(C)c2C)[nH]c1C. The van der Waals surface area contributed by atoms with Gasteiger partial charge in [0.2, 0.25) is 0 Å². The van der Waals surface area contributed by atoms with E-state index in [1.165, 1.54) is 11.1 Å². The highest BCUT2D eigenvalue weighted by atomic mass is 16.5. The van der Waals surface area contributed by atoms with Crippen molar-refractivity contribution < 1.29 is 9.53 Å². The molecule has 4 nitrogen and oxygen atoms in total. The van der Waals surface area contributed by atoms with E-state index in [2.05, 4.69) is 30.2 Å². The summed E-state index contributed by atoms with van der Waals surface area (Å²) >= 11 is 0. The molecule has 1 aromatic heterocycles. The average Bonchev–Trinajstić information content (AvgIpc) is 2.76. The lowest BCUT2D eigenvalue weighted by atomic mass is 10.1. The van der Waals surface area contributed by atoms with Gasteiger partial charge in [0.1, 0.15) is 5.82 Å². The molecule has 0 aliphatic carbocycles. The molecule has 2 aromatic rings. The van der Waals surface area contributed by atoms with E-state index in [-0.39, 0.29) is 5.97 Å². The molecule has 1 aromatic carbocycles. The van der Waals surface area contributed by atoms with Gasteiger partial charge in [-0.3, -0.25) is 0 Å². The van der Waals surface area contributed by atoms with Crippen LogP contribution in [0, 0.1) is 20.8 Å². The number of hydrogen-bond acceptors (Lipinski definition) is 3. The molecule has 0 atom stereocenters. The predicted molar refractivity (Wildman–Crippen MR) is 80.7 cm³/mol. The van der Waals surface area contributed by atoms with Gasteiger partial charge in [-0.1, -0.05) is 12.1 Å². The summed E-state index contributed by atoms with van der Waals surface area (Å²) < 4.78 is 5.03. The third-order valence-electron chi connectivity index (χ3n) is 3.38. The number of aryl methyl sites for hydroxylation is 2. The minimum absolute atomic E-state index is 0.296. The van der Waals surface area contributed by atoms with Gasteiger partial charge >= 0.3 is 5.97 Å². The summed E-state index contributed by atoms with van der Waals surface area (Å²) in [7, 11) is 0. The molecule has 0 radical (unpaired) electrons. The topological polar surface area (TPSA) is 54.1 Å². The van der Waals surface area contributed by atoms with Gasteiger partial charge in [-0.25, -0.2) is 4.79 Å². The zero-order chi connectivity index (χ0) is 14.7. The fourth-order valence-corrected chi connectivity index (χ4v) is 2.08. The number of anilines is 2. The van der Waals surface area contributed by atoms with Crippen LogP contribution in [0.2, 0.25) is 0 Å². The first-order valence-corrected chi connectivity index (χ1v) is 6.73. The first-order valence-electron chi connectivity index (χ1n) is 6.73. The molecule has 1 heterocycles. The first-order chi connectivity index (χ1) is 9.52. The molecule has 106 valence electrons. The molecule has 0 aliphatic rings. The van der Waals surface area contributed by atoms with Gasteiger partial charge in [0.05, 0.1) is 12.2 Å². The van der Waals surface area contributed by atoms with Crippen molar-refractivity contribution in [2.75, 3.05) is 11.9 Å². The first kappa shape index (κ1) is 14.2. The Morgan fingerprint density at radius 3 is 2.75 bits per heavy atom. The molecule has 0 spiro atoms. The van der Waals surface area contributed by atoms with Crippen molar-refractivity contribution in [1.82, 2.24) is 4.98 Å². The second-order valence-electron chi connectivity index (χ2n) is 4.81. The monoisotopic (exact) mass is 272 g/mol. The molecular weight excluding hydrogens is 252 g/mol. The van der Waals surface area contributed by atoms with Crippen molar-refractivity contribution in [1.29, 1.82) is 0 Å². The Hall–Kier alpha value is -2.23. The van der Waals surface area contributed by atoms with Crippen LogP contribution >= 0.6 is 0 Å². The molecule has 0 fully saturated rings. The highest BCUT2D eigenvalue weighted by Crippen LogP contribution is 2.24. The Morgan fingerprint density at radius 2 is 2.05 bits per heavy atom. The van der Waals surface area contributed by atoms with E-state index >= 15 is 0 Å². The van der Waals surface area contributed by atoms with Crippen LogP contribution in [-0.4, -0.2) is 17.6 Å². The highest BCUT2D eigenvalue weighted by Gasteiger charge is 2.14. The van der Waals surface area contributed by atoms with Crippen LogP contribution in [-0.2, 0) is 4.74 Å². The molecule has 0 saturated heterocycles. The minimum atomic E-state index is -0.296. The van der Waals surface area contributed by atoms with E-state index in [1.54, 1.807) is 13.0 Å². The number of benzene rings is 1. The number of aromatic amines is 1. The largest absolute Gasteiger partial charge is 0.462 e. The lowest BCUT2D eigenvalue weighted by Crippen LogP contribution is -2.04. The van der Waals surface area contributed by atoms with Crippen molar-refractivity contribution >= 4 is 17.5 Å². The number of hydrogen-bond donors (Lipinski definition) is 2. The fourth-order valence-electron chi connectivity index (χ4n) is 2.08. The van der Waals surface area contributed by atoms with E-state index in [1.807, 2.05) is 19.1 Å². The van der Waals surface area contributed by atoms with Gasteiger partial charge in [-0.2, -0.15) is 0 Å². The predicted octanol–water partition coefficient (Wildman–Crippen LogP) is 3.86. The van der Waals surface area contributed by atoms with Gasteiger partial charge in [0, 0.05) is 11.4 Å². The molecule has 20 heavy (non-hydrogen) atoms. The van der Waals surface area contributed by atoms with E-state index < -0.39 is 0 Å². The van der Waals surface area contributed by atoms with Crippen LogP contribution < -0.4 is 5.32 Å². The van der Waals surface area contributed by atoms with Crippen molar-refractivity contribution in [2.45, 2.75) is 27.7 Å². The maximum Gasteiger partial charge on any atom is 0.340 e. The van der Waals surface area contributed by atoms with Crippen LogP contribution in [0.25, 0.3) is 0 Å². The van der Waals surface area contributed by atoms with Crippen LogP contribution in [0.15, 0.2) is 24.3 Å². The van der Waals surface area contributed by atoms with Gasteiger partial charge in [0.15, 0.2) is 0 Å². The van der Waals surface area contributed by atoms with Gasteiger partial charge in [-0.15, -0.1) is 0 Å². The molecule has 0 amide bonds. The molecule has 2 N–H and O–H groups in total. The maximum atomic E-state index is 11.8. The van der Waals surface area contributed by atoms with Crippen molar-refractivity contribution in [3.63, 3.8) is 0 Å². The van der Waals surface area contributed by atoms with Gasteiger partial charge < -0.3 is 15.0 Å². The number of rotatable bonds is 4. The standard InChI is InChI=1S/C16H20N2O2/c1-5-20-16(19)13-9-15(17-12(13)4)18-14-8-6-7-10(2)11(14)3/h6-9,17-18H,5H2,1-4H3. The molecule has 0 bridgehead atoms. The smallest absolute Gasteiger partial charge is 0.340 e. The summed E-state index contributed by atoms with van der Waals surface area (Å²) in [4.78, 5) is 14.9. The zero-order valence-electron chi connectivity index (χ0n) is 12.3. The van der Waals surface area contributed by atoms with Crippen molar-refractivity contribution in [3.05, 3.63) is 46.6 Å². The number of H-pyrrole nitrogens is 1. The number of ether oxygens (including phenoxy) is 1. The van der Waals surface area contributed by atoms with Gasteiger partial charge in [-0.05, 0) is 51.0 Å². The normalized spacial score (nSPS) is 10.4. The van der Waals surface area contributed by atoms with E-state index in [4.69, 9.17) is 4.74 Å². The summed E-state index contributed by atoms with van der Waals surface area (Å²) in [5.41, 5.74) is 4.82. The molecular formula is C16H20N2O2. The minimum Gasteiger partial charge on any atom is -0.462 e.